The lowest BCUT2D eigenvalue weighted by Gasteiger charge is -2.06. The molecule has 0 aliphatic carbocycles. The van der Waals surface area contributed by atoms with Gasteiger partial charge in [0.1, 0.15) is 5.75 Å². The second kappa shape index (κ2) is 6.58. The van der Waals surface area contributed by atoms with Crippen LogP contribution < -0.4 is 10.1 Å². The number of phenols is 1. The first-order chi connectivity index (χ1) is 9.28. The van der Waals surface area contributed by atoms with Crippen molar-refractivity contribution >= 4 is 5.95 Å². The quantitative estimate of drug-likeness (QED) is 0.832. The predicted molar refractivity (Wildman–Crippen MR) is 73.5 cm³/mol. The topological polar surface area (TPSA) is 67.3 Å². The number of aromatic hydroxyl groups is 1. The fourth-order valence-electron chi connectivity index (χ4n) is 1.64. The Kier molecular flexibility index (Phi) is 4.55. The molecule has 100 valence electrons. The summed E-state index contributed by atoms with van der Waals surface area (Å²) in [6, 6.07) is 8.89. The number of rotatable bonds is 6. The number of anilines is 1. The van der Waals surface area contributed by atoms with Crippen LogP contribution >= 0.6 is 0 Å². The molecule has 0 bridgehead atoms. The fourth-order valence-corrected chi connectivity index (χ4v) is 1.64. The van der Waals surface area contributed by atoms with Crippen molar-refractivity contribution in [3.8, 4) is 11.6 Å². The number of hydrogen-bond acceptors (Lipinski definition) is 5. The van der Waals surface area contributed by atoms with Crippen molar-refractivity contribution in [1.29, 1.82) is 0 Å². The van der Waals surface area contributed by atoms with Crippen LogP contribution in [0.3, 0.4) is 0 Å². The van der Waals surface area contributed by atoms with Gasteiger partial charge < -0.3 is 15.2 Å². The minimum absolute atomic E-state index is 0.282. The molecule has 2 rings (SSSR count). The zero-order valence-corrected chi connectivity index (χ0v) is 10.8. The number of phenolic OH excluding ortho intramolecular Hbond substituents is 1. The summed E-state index contributed by atoms with van der Waals surface area (Å²) in [5.74, 6) is 1.42. The van der Waals surface area contributed by atoms with E-state index in [1.54, 1.807) is 24.4 Å². The van der Waals surface area contributed by atoms with E-state index in [1.807, 2.05) is 19.1 Å². The highest BCUT2D eigenvalue weighted by molar-refractivity contribution is 5.29. The third-order valence-electron chi connectivity index (χ3n) is 2.56. The summed E-state index contributed by atoms with van der Waals surface area (Å²) in [5.41, 5.74) is 1.14. The second-order valence-electron chi connectivity index (χ2n) is 3.99. The monoisotopic (exact) mass is 259 g/mol. The third-order valence-corrected chi connectivity index (χ3v) is 2.56. The van der Waals surface area contributed by atoms with Gasteiger partial charge in [0.2, 0.25) is 11.8 Å². The van der Waals surface area contributed by atoms with Crippen LogP contribution in [0.5, 0.6) is 11.6 Å². The summed E-state index contributed by atoms with van der Waals surface area (Å²) in [7, 11) is 0. The maximum Gasteiger partial charge on any atom is 0.225 e. The molecule has 0 unspecified atom stereocenters. The number of nitrogens with one attached hydrogen (secondary N) is 1. The van der Waals surface area contributed by atoms with Crippen molar-refractivity contribution < 1.29 is 9.84 Å². The van der Waals surface area contributed by atoms with Gasteiger partial charge in [-0.15, -0.1) is 0 Å². The Hall–Kier alpha value is -2.30. The van der Waals surface area contributed by atoms with Crippen LogP contribution in [0.2, 0.25) is 0 Å². The number of aromatic nitrogens is 2. The Morgan fingerprint density at radius 1 is 1.21 bits per heavy atom. The van der Waals surface area contributed by atoms with Crippen molar-refractivity contribution in [3.05, 3.63) is 42.1 Å². The summed E-state index contributed by atoms with van der Waals surface area (Å²) in [5, 5.41) is 12.3. The number of benzene rings is 1. The average molecular weight is 259 g/mol. The van der Waals surface area contributed by atoms with Crippen LogP contribution in [0, 0.1) is 0 Å². The highest BCUT2D eigenvalue weighted by Gasteiger charge is 1.99. The van der Waals surface area contributed by atoms with Gasteiger partial charge in [-0.05, 0) is 31.0 Å². The Balaban J connectivity index is 1.85. The molecule has 1 heterocycles. The molecule has 1 aromatic heterocycles. The Labute approximate surface area is 112 Å². The van der Waals surface area contributed by atoms with E-state index >= 15 is 0 Å². The Bertz CT molecular complexity index is 514. The lowest BCUT2D eigenvalue weighted by Crippen LogP contribution is -2.08. The van der Waals surface area contributed by atoms with Gasteiger partial charge in [0.05, 0.1) is 6.61 Å². The van der Waals surface area contributed by atoms with E-state index in [-0.39, 0.29) is 5.75 Å². The summed E-state index contributed by atoms with van der Waals surface area (Å²) in [6.07, 6.45) is 2.50. The molecule has 1 aromatic carbocycles. The highest BCUT2D eigenvalue weighted by atomic mass is 16.5. The zero-order valence-electron chi connectivity index (χ0n) is 10.8. The molecular weight excluding hydrogens is 242 g/mol. The largest absolute Gasteiger partial charge is 0.508 e. The van der Waals surface area contributed by atoms with E-state index in [0.717, 1.165) is 18.5 Å². The van der Waals surface area contributed by atoms with Gasteiger partial charge in [0.25, 0.3) is 0 Å². The van der Waals surface area contributed by atoms with Crippen LogP contribution in [0.1, 0.15) is 12.5 Å². The number of hydrogen-bond donors (Lipinski definition) is 2. The first-order valence-electron chi connectivity index (χ1n) is 6.25. The number of nitrogens with zero attached hydrogens (tertiary/aromatic N) is 2. The van der Waals surface area contributed by atoms with E-state index in [0.29, 0.717) is 18.4 Å². The van der Waals surface area contributed by atoms with Crippen LogP contribution in [0.25, 0.3) is 0 Å². The van der Waals surface area contributed by atoms with E-state index in [4.69, 9.17) is 4.74 Å². The summed E-state index contributed by atoms with van der Waals surface area (Å²) in [6.45, 7) is 3.23. The lowest BCUT2D eigenvalue weighted by molar-refractivity contribution is 0.326. The number of ether oxygens (including phenoxy) is 1. The molecular formula is C14H17N3O2. The molecule has 0 aliphatic rings. The molecule has 0 saturated heterocycles. The van der Waals surface area contributed by atoms with Crippen molar-refractivity contribution in [2.24, 2.45) is 0 Å². The molecule has 0 atom stereocenters. The standard InChI is InChI=1S/C14H17N3O2/c1-2-19-13-8-10-16-14(17-13)15-9-7-11-3-5-12(18)6-4-11/h3-6,8,10,18H,2,7,9H2,1H3,(H,15,16,17). The van der Waals surface area contributed by atoms with Gasteiger partial charge >= 0.3 is 0 Å². The minimum atomic E-state index is 0.282. The predicted octanol–water partition coefficient (Wildman–Crippen LogP) is 2.24. The van der Waals surface area contributed by atoms with E-state index in [1.165, 1.54) is 0 Å². The van der Waals surface area contributed by atoms with Gasteiger partial charge in [-0.2, -0.15) is 4.98 Å². The molecule has 0 fully saturated rings. The minimum Gasteiger partial charge on any atom is -0.508 e. The molecule has 2 aromatic rings. The fraction of sp³-hybridized carbons (Fsp3) is 0.286. The van der Waals surface area contributed by atoms with Gasteiger partial charge in [-0.3, -0.25) is 0 Å². The molecule has 2 N–H and O–H groups in total. The zero-order chi connectivity index (χ0) is 13.5. The summed E-state index contributed by atoms with van der Waals surface area (Å²) in [4.78, 5) is 8.35. The maximum absolute atomic E-state index is 9.19. The Morgan fingerprint density at radius 3 is 2.74 bits per heavy atom. The van der Waals surface area contributed by atoms with Crippen LogP contribution in [-0.2, 0) is 6.42 Å². The first-order valence-corrected chi connectivity index (χ1v) is 6.25. The second-order valence-corrected chi connectivity index (χ2v) is 3.99. The average Bonchev–Trinajstić information content (AvgIpc) is 2.42. The molecule has 0 amide bonds. The van der Waals surface area contributed by atoms with Crippen molar-refractivity contribution in [2.75, 3.05) is 18.5 Å². The van der Waals surface area contributed by atoms with Crippen molar-refractivity contribution in [2.45, 2.75) is 13.3 Å². The van der Waals surface area contributed by atoms with E-state index in [9.17, 15) is 5.11 Å². The maximum atomic E-state index is 9.19. The van der Waals surface area contributed by atoms with E-state index < -0.39 is 0 Å². The highest BCUT2D eigenvalue weighted by Crippen LogP contribution is 2.11. The summed E-state index contributed by atoms with van der Waals surface area (Å²) >= 11 is 0. The van der Waals surface area contributed by atoms with Gasteiger partial charge in [0.15, 0.2) is 0 Å². The van der Waals surface area contributed by atoms with Gasteiger partial charge in [-0.1, -0.05) is 12.1 Å². The normalized spacial score (nSPS) is 10.2. The molecule has 19 heavy (non-hydrogen) atoms. The van der Waals surface area contributed by atoms with Crippen LogP contribution in [0.15, 0.2) is 36.5 Å². The smallest absolute Gasteiger partial charge is 0.225 e. The van der Waals surface area contributed by atoms with Crippen molar-refractivity contribution in [1.82, 2.24) is 9.97 Å². The molecule has 0 spiro atoms. The molecule has 0 aliphatic heterocycles. The van der Waals surface area contributed by atoms with Gasteiger partial charge in [-0.25, -0.2) is 4.98 Å². The SMILES string of the molecule is CCOc1ccnc(NCCc2ccc(O)cc2)n1. The lowest BCUT2D eigenvalue weighted by atomic mass is 10.1. The molecule has 5 nitrogen and oxygen atoms in total. The van der Waals surface area contributed by atoms with Crippen LogP contribution in [-0.4, -0.2) is 28.2 Å². The van der Waals surface area contributed by atoms with Crippen molar-refractivity contribution in [3.63, 3.8) is 0 Å². The van der Waals surface area contributed by atoms with Gasteiger partial charge in [0, 0.05) is 18.8 Å². The third kappa shape index (κ3) is 4.13. The molecule has 0 radical (unpaired) electrons. The first kappa shape index (κ1) is 13.1. The molecule has 5 heteroatoms. The summed E-state index contributed by atoms with van der Waals surface area (Å²) < 4.78 is 5.31. The Morgan fingerprint density at radius 2 is 2.00 bits per heavy atom. The molecule has 0 saturated carbocycles. The van der Waals surface area contributed by atoms with E-state index in [2.05, 4.69) is 15.3 Å². The van der Waals surface area contributed by atoms with Crippen LogP contribution in [0.4, 0.5) is 5.95 Å².